The van der Waals surface area contributed by atoms with E-state index in [0.717, 1.165) is 32.6 Å². The summed E-state index contributed by atoms with van der Waals surface area (Å²) in [6.07, 6.45) is 0.978. The Balaban J connectivity index is 2.60. The second-order valence-corrected chi connectivity index (χ2v) is 1.96. The SMILES string of the molecule is [CH2]CCNCCNCC. The van der Waals surface area contributed by atoms with Crippen molar-refractivity contribution in [3.8, 4) is 0 Å². The van der Waals surface area contributed by atoms with Crippen molar-refractivity contribution in [2.24, 2.45) is 0 Å². The van der Waals surface area contributed by atoms with Crippen molar-refractivity contribution in [2.45, 2.75) is 13.3 Å². The van der Waals surface area contributed by atoms with Crippen molar-refractivity contribution in [1.29, 1.82) is 0 Å². The monoisotopic (exact) mass is 129 g/mol. The fourth-order valence-electron chi connectivity index (χ4n) is 0.604. The summed E-state index contributed by atoms with van der Waals surface area (Å²) in [6.45, 7) is 10.1. The first-order chi connectivity index (χ1) is 4.41. The van der Waals surface area contributed by atoms with Crippen LogP contribution in [0, 0.1) is 6.92 Å². The minimum atomic E-state index is 0.978. The predicted octanol–water partition coefficient (Wildman–Crippen LogP) is 0.410. The van der Waals surface area contributed by atoms with Crippen LogP contribution in [0.15, 0.2) is 0 Å². The fourth-order valence-corrected chi connectivity index (χ4v) is 0.604. The lowest BCUT2D eigenvalue weighted by atomic mass is 10.5. The highest BCUT2D eigenvalue weighted by Gasteiger charge is 1.81. The Morgan fingerprint density at radius 3 is 2.33 bits per heavy atom. The lowest BCUT2D eigenvalue weighted by Gasteiger charge is -2.01. The molecule has 0 bridgehead atoms. The van der Waals surface area contributed by atoms with Gasteiger partial charge in [0.25, 0.3) is 0 Å². The van der Waals surface area contributed by atoms with E-state index in [1.54, 1.807) is 0 Å². The molecule has 0 amide bonds. The molecule has 2 N–H and O–H groups in total. The van der Waals surface area contributed by atoms with E-state index in [1.807, 2.05) is 0 Å². The zero-order chi connectivity index (χ0) is 6.95. The quantitative estimate of drug-likeness (QED) is 0.508. The van der Waals surface area contributed by atoms with E-state index in [2.05, 4.69) is 24.5 Å². The molecule has 0 rings (SSSR count). The first-order valence-corrected chi connectivity index (χ1v) is 3.62. The van der Waals surface area contributed by atoms with Gasteiger partial charge in [-0.2, -0.15) is 0 Å². The summed E-state index contributed by atoms with van der Waals surface area (Å²) in [5, 5.41) is 6.47. The summed E-state index contributed by atoms with van der Waals surface area (Å²) in [5.74, 6) is 0. The maximum atomic E-state index is 3.72. The van der Waals surface area contributed by atoms with Gasteiger partial charge in [-0.25, -0.2) is 0 Å². The number of likely N-dealkylation sites (N-methyl/N-ethyl adjacent to an activating group) is 1. The van der Waals surface area contributed by atoms with Crippen LogP contribution in [0.5, 0.6) is 0 Å². The minimum Gasteiger partial charge on any atom is -0.316 e. The van der Waals surface area contributed by atoms with Crippen LogP contribution < -0.4 is 10.6 Å². The molecule has 0 aliphatic carbocycles. The Morgan fingerprint density at radius 1 is 1.11 bits per heavy atom. The summed E-state index contributed by atoms with van der Waals surface area (Å²) in [4.78, 5) is 0. The fraction of sp³-hybridized carbons (Fsp3) is 0.857. The Morgan fingerprint density at radius 2 is 1.78 bits per heavy atom. The average Bonchev–Trinajstić information content (AvgIpc) is 1.89. The van der Waals surface area contributed by atoms with Crippen molar-refractivity contribution in [2.75, 3.05) is 26.2 Å². The van der Waals surface area contributed by atoms with E-state index < -0.39 is 0 Å². The number of rotatable bonds is 6. The molecule has 0 saturated carbocycles. The van der Waals surface area contributed by atoms with Crippen LogP contribution in [0.4, 0.5) is 0 Å². The highest BCUT2D eigenvalue weighted by molar-refractivity contribution is 4.50. The molecule has 0 aromatic rings. The third-order valence-electron chi connectivity index (χ3n) is 1.08. The Kier molecular flexibility index (Phi) is 7.85. The van der Waals surface area contributed by atoms with Gasteiger partial charge in [0.05, 0.1) is 0 Å². The standard InChI is InChI=1S/C7H17N2/c1-3-5-9-7-6-8-4-2/h8-9H,1,3-7H2,2H3. The zero-order valence-corrected chi connectivity index (χ0v) is 6.24. The summed E-state index contributed by atoms with van der Waals surface area (Å²) < 4.78 is 0. The first-order valence-electron chi connectivity index (χ1n) is 3.62. The maximum Gasteiger partial charge on any atom is 0.00767 e. The highest BCUT2D eigenvalue weighted by Crippen LogP contribution is 1.66. The van der Waals surface area contributed by atoms with Gasteiger partial charge in [0.2, 0.25) is 0 Å². The van der Waals surface area contributed by atoms with Gasteiger partial charge in [0, 0.05) is 13.1 Å². The summed E-state index contributed by atoms with van der Waals surface area (Å²) in [5.41, 5.74) is 0. The normalized spacial score (nSPS) is 10.0. The molecule has 0 spiro atoms. The van der Waals surface area contributed by atoms with Gasteiger partial charge in [-0.15, -0.1) is 0 Å². The number of hydrogen-bond donors (Lipinski definition) is 2. The summed E-state index contributed by atoms with van der Waals surface area (Å²) in [6, 6.07) is 0. The third kappa shape index (κ3) is 7.92. The van der Waals surface area contributed by atoms with Gasteiger partial charge >= 0.3 is 0 Å². The molecule has 0 aromatic heterocycles. The molecule has 0 saturated heterocycles. The molecule has 55 valence electrons. The van der Waals surface area contributed by atoms with Crippen LogP contribution in [0.1, 0.15) is 13.3 Å². The van der Waals surface area contributed by atoms with E-state index in [4.69, 9.17) is 0 Å². The minimum absolute atomic E-state index is 0.978. The molecule has 0 atom stereocenters. The van der Waals surface area contributed by atoms with Gasteiger partial charge in [0.15, 0.2) is 0 Å². The van der Waals surface area contributed by atoms with E-state index >= 15 is 0 Å². The van der Waals surface area contributed by atoms with Crippen LogP contribution >= 0.6 is 0 Å². The molecule has 0 heterocycles. The molecule has 0 aromatic carbocycles. The summed E-state index contributed by atoms with van der Waals surface area (Å²) in [7, 11) is 0. The Bertz CT molecular complexity index is 40.2. The molecule has 2 heteroatoms. The molecule has 0 fully saturated rings. The lowest BCUT2D eigenvalue weighted by molar-refractivity contribution is 0.628. The molecule has 9 heavy (non-hydrogen) atoms. The largest absolute Gasteiger partial charge is 0.316 e. The second-order valence-electron chi connectivity index (χ2n) is 1.96. The van der Waals surface area contributed by atoms with Gasteiger partial charge in [-0.05, 0) is 19.5 Å². The molecular formula is C7H17N2. The van der Waals surface area contributed by atoms with Crippen molar-refractivity contribution in [3.63, 3.8) is 0 Å². The molecule has 2 nitrogen and oxygen atoms in total. The second kappa shape index (κ2) is 7.92. The van der Waals surface area contributed by atoms with E-state index in [9.17, 15) is 0 Å². The Hall–Kier alpha value is -0.0800. The smallest absolute Gasteiger partial charge is 0.00767 e. The van der Waals surface area contributed by atoms with Gasteiger partial charge < -0.3 is 10.6 Å². The van der Waals surface area contributed by atoms with Crippen molar-refractivity contribution < 1.29 is 0 Å². The topological polar surface area (TPSA) is 24.1 Å². The van der Waals surface area contributed by atoms with Crippen LogP contribution in [0.25, 0.3) is 0 Å². The van der Waals surface area contributed by atoms with Gasteiger partial charge in [-0.1, -0.05) is 13.8 Å². The molecule has 1 radical (unpaired) electrons. The average molecular weight is 129 g/mol. The van der Waals surface area contributed by atoms with Crippen LogP contribution in [0.2, 0.25) is 0 Å². The zero-order valence-electron chi connectivity index (χ0n) is 6.24. The lowest BCUT2D eigenvalue weighted by Crippen LogP contribution is -2.27. The molecule has 0 unspecified atom stereocenters. The number of nitrogens with one attached hydrogen (secondary N) is 2. The third-order valence-corrected chi connectivity index (χ3v) is 1.08. The first kappa shape index (κ1) is 8.92. The highest BCUT2D eigenvalue weighted by atomic mass is 14.9. The molecular weight excluding hydrogens is 112 g/mol. The molecule has 0 aliphatic rings. The van der Waals surface area contributed by atoms with Crippen LogP contribution in [-0.4, -0.2) is 26.2 Å². The van der Waals surface area contributed by atoms with E-state index in [0.29, 0.717) is 0 Å². The van der Waals surface area contributed by atoms with Gasteiger partial charge in [-0.3, -0.25) is 0 Å². The van der Waals surface area contributed by atoms with E-state index in [-0.39, 0.29) is 0 Å². The Labute approximate surface area is 58.0 Å². The maximum absolute atomic E-state index is 3.72. The summed E-state index contributed by atoms with van der Waals surface area (Å²) >= 11 is 0. The van der Waals surface area contributed by atoms with E-state index in [1.165, 1.54) is 0 Å². The van der Waals surface area contributed by atoms with Crippen molar-refractivity contribution in [1.82, 2.24) is 10.6 Å². The molecule has 0 aliphatic heterocycles. The van der Waals surface area contributed by atoms with Crippen LogP contribution in [-0.2, 0) is 0 Å². The van der Waals surface area contributed by atoms with Crippen LogP contribution in [0.3, 0.4) is 0 Å². The van der Waals surface area contributed by atoms with Gasteiger partial charge in [0.1, 0.15) is 0 Å². The number of hydrogen-bond acceptors (Lipinski definition) is 2. The van der Waals surface area contributed by atoms with Crippen molar-refractivity contribution in [3.05, 3.63) is 6.92 Å². The predicted molar refractivity (Wildman–Crippen MR) is 41.4 cm³/mol. The van der Waals surface area contributed by atoms with Crippen molar-refractivity contribution >= 4 is 0 Å².